The predicted octanol–water partition coefficient (Wildman–Crippen LogP) is 0.733. The van der Waals surface area contributed by atoms with E-state index in [-0.39, 0.29) is 18.9 Å². The molecule has 0 aliphatic rings. The van der Waals surface area contributed by atoms with E-state index in [4.69, 9.17) is 10.8 Å². The molecule has 4 N–H and O–H groups in total. The lowest BCUT2D eigenvalue weighted by Gasteiger charge is -2.12. The van der Waals surface area contributed by atoms with Crippen LogP contribution in [0, 0.1) is 5.92 Å². The zero-order valence-electron chi connectivity index (χ0n) is 9.87. The molecule has 0 radical (unpaired) electrons. The van der Waals surface area contributed by atoms with Crippen molar-refractivity contribution in [2.75, 3.05) is 13.1 Å². The Bertz CT molecular complexity index is 219. The maximum absolute atomic E-state index is 11.3. The second-order valence-electron chi connectivity index (χ2n) is 3.88. The Balaban J connectivity index is 3.58. The van der Waals surface area contributed by atoms with Crippen molar-refractivity contribution in [1.82, 2.24) is 5.32 Å². The summed E-state index contributed by atoms with van der Waals surface area (Å²) in [5.41, 5.74) is 5.46. The van der Waals surface area contributed by atoms with Crippen molar-refractivity contribution in [3.05, 3.63) is 0 Å². The van der Waals surface area contributed by atoms with Crippen molar-refractivity contribution < 1.29 is 14.7 Å². The molecule has 5 heteroatoms. The number of rotatable bonds is 9. The Morgan fingerprint density at radius 3 is 2.50 bits per heavy atom. The van der Waals surface area contributed by atoms with Gasteiger partial charge in [-0.05, 0) is 25.3 Å². The molecule has 5 nitrogen and oxygen atoms in total. The van der Waals surface area contributed by atoms with Crippen LogP contribution in [-0.4, -0.2) is 30.1 Å². The van der Waals surface area contributed by atoms with Crippen molar-refractivity contribution in [3.8, 4) is 0 Å². The summed E-state index contributed by atoms with van der Waals surface area (Å²) in [4.78, 5) is 21.5. The largest absolute Gasteiger partial charge is 0.481 e. The molecule has 0 saturated heterocycles. The highest BCUT2D eigenvalue weighted by Gasteiger charge is 2.08. The monoisotopic (exact) mass is 230 g/mol. The second kappa shape index (κ2) is 9.15. The maximum atomic E-state index is 11.3. The highest BCUT2D eigenvalue weighted by Crippen LogP contribution is 2.14. The summed E-state index contributed by atoms with van der Waals surface area (Å²) in [6.45, 7) is 2.95. The van der Waals surface area contributed by atoms with E-state index < -0.39 is 5.97 Å². The Labute approximate surface area is 96.4 Å². The molecule has 0 fully saturated rings. The van der Waals surface area contributed by atoms with Gasteiger partial charge >= 0.3 is 5.97 Å². The number of nitrogens with two attached hydrogens (primary N) is 1. The summed E-state index contributed by atoms with van der Waals surface area (Å²) in [5, 5.41) is 11.0. The van der Waals surface area contributed by atoms with Gasteiger partial charge in [-0.2, -0.15) is 0 Å². The molecule has 0 aliphatic heterocycles. The van der Waals surface area contributed by atoms with Gasteiger partial charge in [0, 0.05) is 13.0 Å². The fraction of sp³-hybridized carbons (Fsp3) is 0.818. The van der Waals surface area contributed by atoms with Crippen LogP contribution in [0.5, 0.6) is 0 Å². The van der Waals surface area contributed by atoms with Crippen LogP contribution in [0.4, 0.5) is 0 Å². The van der Waals surface area contributed by atoms with Crippen molar-refractivity contribution in [2.24, 2.45) is 11.7 Å². The summed E-state index contributed by atoms with van der Waals surface area (Å²) < 4.78 is 0. The van der Waals surface area contributed by atoms with Crippen molar-refractivity contribution in [2.45, 2.75) is 39.0 Å². The summed E-state index contributed by atoms with van der Waals surface area (Å²) in [6, 6.07) is 0. The fourth-order valence-corrected chi connectivity index (χ4v) is 1.52. The third-order valence-electron chi connectivity index (χ3n) is 2.59. The number of amides is 1. The molecule has 1 unspecified atom stereocenters. The lowest BCUT2D eigenvalue weighted by atomic mass is 9.96. The summed E-state index contributed by atoms with van der Waals surface area (Å²) in [6.07, 6.45) is 3.23. The van der Waals surface area contributed by atoms with E-state index in [0.29, 0.717) is 18.9 Å². The first kappa shape index (κ1) is 14.9. The lowest BCUT2D eigenvalue weighted by molar-refractivity contribution is -0.136. The van der Waals surface area contributed by atoms with E-state index in [9.17, 15) is 9.59 Å². The van der Waals surface area contributed by atoms with Crippen LogP contribution in [0.15, 0.2) is 0 Å². The molecule has 0 bridgehead atoms. The molecule has 0 rings (SSSR count). The zero-order valence-corrected chi connectivity index (χ0v) is 9.87. The van der Waals surface area contributed by atoms with E-state index >= 15 is 0 Å². The number of carbonyl (C=O) groups is 2. The Morgan fingerprint density at radius 1 is 1.31 bits per heavy atom. The van der Waals surface area contributed by atoms with Gasteiger partial charge in [-0.15, -0.1) is 0 Å². The number of carboxylic acids is 1. The molecular weight excluding hydrogens is 208 g/mol. The van der Waals surface area contributed by atoms with Gasteiger partial charge in [0.15, 0.2) is 0 Å². The van der Waals surface area contributed by atoms with Crippen LogP contribution in [0.25, 0.3) is 0 Å². The quantitative estimate of drug-likeness (QED) is 0.544. The van der Waals surface area contributed by atoms with Crippen LogP contribution >= 0.6 is 0 Å². The number of hydrogen-bond acceptors (Lipinski definition) is 3. The van der Waals surface area contributed by atoms with E-state index in [1.807, 2.05) is 0 Å². The number of nitrogens with one attached hydrogen (secondary N) is 1. The van der Waals surface area contributed by atoms with Gasteiger partial charge in [-0.3, -0.25) is 9.59 Å². The van der Waals surface area contributed by atoms with Crippen molar-refractivity contribution in [1.29, 1.82) is 0 Å². The normalized spacial score (nSPS) is 12.1. The standard InChI is InChI=1S/C11H22N2O3/c1-2-9(5-7-12)3-4-10(14)13-8-6-11(15)16/h9H,2-8,12H2,1H3,(H,13,14)(H,15,16). The molecule has 0 saturated carbocycles. The smallest absolute Gasteiger partial charge is 0.305 e. The minimum Gasteiger partial charge on any atom is -0.481 e. The topological polar surface area (TPSA) is 92.4 Å². The van der Waals surface area contributed by atoms with E-state index in [2.05, 4.69) is 12.2 Å². The van der Waals surface area contributed by atoms with E-state index in [0.717, 1.165) is 19.3 Å². The molecule has 0 heterocycles. The molecular formula is C11H22N2O3. The van der Waals surface area contributed by atoms with E-state index in [1.54, 1.807) is 0 Å². The molecule has 0 aromatic carbocycles. The van der Waals surface area contributed by atoms with Crippen molar-refractivity contribution >= 4 is 11.9 Å². The number of hydrogen-bond donors (Lipinski definition) is 3. The molecule has 0 spiro atoms. The first-order valence-corrected chi connectivity index (χ1v) is 5.78. The van der Waals surface area contributed by atoms with Gasteiger partial charge < -0.3 is 16.2 Å². The van der Waals surface area contributed by atoms with Gasteiger partial charge in [0.05, 0.1) is 6.42 Å². The van der Waals surface area contributed by atoms with Gasteiger partial charge in [0.25, 0.3) is 0 Å². The molecule has 0 aromatic heterocycles. The van der Waals surface area contributed by atoms with Gasteiger partial charge in [0.1, 0.15) is 0 Å². The first-order chi connectivity index (χ1) is 7.60. The van der Waals surface area contributed by atoms with Gasteiger partial charge in [-0.1, -0.05) is 13.3 Å². The highest BCUT2D eigenvalue weighted by atomic mass is 16.4. The van der Waals surface area contributed by atoms with Crippen LogP contribution in [0.1, 0.15) is 39.0 Å². The minimum absolute atomic E-state index is 0.0221. The van der Waals surface area contributed by atoms with Crippen LogP contribution in [0.2, 0.25) is 0 Å². The maximum Gasteiger partial charge on any atom is 0.305 e. The number of aliphatic carboxylic acids is 1. The molecule has 1 amide bonds. The SMILES string of the molecule is CCC(CCN)CCC(=O)NCCC(=O)O. The Kier molecular flexibility index (Phi) is 8.52. The fourth-order valence-electron chi connectivity index (χ4n) is 1.52. The molecule has 94 valence electrons. The summed E-state index contributed by atoms with van der Waals surface area (Å²) >= 11 is 0. The van der Waals surface area contributed by atoms with Crippen LogP contribution in [0.3, 0.4) is 0 Å². The Morgan fingerprint density at radius 2 is 2.00 bits per heavy atom. The molecule has 0 aromatic rings. The number of carboxylic acid groups (broad SMARTS) is 1. The van der Waals surface area contributed by atoms with Crippen LogP contribution in [-0.2, 0) is 9.59 Å². The summed E-state index contributed by atoms with van der Waals surface area (Å²) in [5.74, 6) is -0.471. The van der Waals surface area contributed by atoms with E-state index in [1.165, 1.54) is 0 Å². The third-order valence-corrected chi connectivity index (χ3v) is 2.59. The molecule has 0 aliphatic carbocycles. The first-order valence-electron chi connectivity index (χ1n) is 5.78. The minimum atomic E-state index is -0.894. The number of carbonyl (C=O) groups excluding carboxylic acids is 1. The highest BCUT2D eigenvalue weighted by molar-refractivity contribution is 5.76. The molecule has 1 atom stereocenters. The van der Waals surface area contributed by atoms with Crippen molar-refractivity contribution in [3.63, 3.8) is 0 Å². The average molecular weight is 230 g/mol. The predicted molar refractivity (Wildman–Crippen MR) is 61.9 cm³/mol. The third kappa shape index (κ3) is 8.23. The van der Waals surface area contributed by atoms with Crippen LogP contribution < -0.4 is 11.1 Å². The summed E-state index contributed by atoms with van der Waals surface area (Å²) in [7, 11) is 0. The van der Waals surface area contributed by atoms with Gasteiger partial charge in [0.2, 0.25) is 5.91 Å². The second-order valence-corrected chi connectivity index (χ2v) is 3.88. The Hall–Kier alpha value is -1.10. The molecule has 16 heavy (non-hydrogen) atoms. The average Bonchev–Trinajstić information content (AvgIpc) is 2.23. The van der Waals surface area contributed by atoms with Gasteiger partial charge in [-0.25, -0.2) is 0 Å². The lowest BCUT2D eigenvalue weighted by Crippen LogP contribution is -2.26. The zero-order chi connectivity index (χ0) is 12.4.